The maximum atomic E-state index is 12.3. The molecule has 126 valence electrons. The lowest BCUT2D eigenvalue weighted by atomic mass is 9.98. The van der Waals surface area contributed by atoms with Crippen molar-refractivity contribution in [2.24, 2.45) is 5.92 Å². The Morgan fingerprint density at radius 1 is 1.14 bits per heavy atom. The van der Waals surface area contributed by atoms with Crippen molar-refractivity contribution in [1.29, 1.82) is 0 Å². The molecule has 1 heterocycles. The van der Waals surface area contributed by atoms with Gasteiger partial charge in [0.15, 0.2) is 0 Å². The van der Waals surface area contributed by atoms with E-state index in [1.165, 1.54) is 0 Å². The number of nitrogens with zero attached hydrogens (tertiary/aromatic N) is 2. The Morgan fingerprint density at radius 3 is 2.38 bits per heavy atom. The Balaban J connectivity index is 2.23. The van der Waals surface area contributed by atoms with Gasteiger partial charge in [0, 0.05) is 19.6 Å². The van der Waals surface area contributed by atoms with E-state index < -0.39 is 10.0 Å². The lowest BCUT2D eigenvalue weighted by molar-refractivity contribution is 0.225. The van der Waals surface area contributed by atoms with E-state index in [0.717, 1.165) is 51.7 Å². The molecule has 0 unspecified atom stereocenters. The molecule has 0 saturated carbocycles. The summed E-state index contributed by atoms with van der Waals surface area (Å²) >= 11 is 0. The highest BCUT2D eigenvalue weighted by molar-refractivity contribution is 7.89. The van der Waals surface area contributed by atoms with Crippen molar-refractivity contribution in [3.8, 4) is 0 Å². The van der Waals surface area contributed by atoms with Crippen molar-refractivity contribution in [3.05, 3.63) is 0 Å². The minimum absolute atomic E-state index is 0.305. The standard InChI is InChI=1S/C15H33N3O2S/c1-4-9-16-10-5-6-13-21(19,20)18-11-7-15(8-12-18)14-17(2)3/h15-16H,4-14H2,1-3H3. The van der Waals surface area contributed by atoms with Gasteiger partial charge in [0.05, 0.1) is 5.75 Å². The first kappa shape index (κ1) is 18.9. The molecule has 21 heavy (non-hydrogen) atoms. The maximum Gasteiger partial charge on any atom is 0.214 e. The van der Waals surface area contributed by atoms with Crippen molar-refractivity contribution in [3.63, 3.8) is 0 Å². The number of sulfonamides is 1. The molecule has 1 rings (SSSR count). The van der Waals surface area contributed by atoms with E-state index in [0.29, 0.717) is 24.8 Å². The predicted octanol–water partition coefficient (Wildman–Crippen LogP) is 1.37. The molecule has 1 aliphatic heterocycles. The van der Waals surface area contributed by atoms with E-state index in [-0.39, 0.29) is 0 Å². The number of unbranched alkanes of at least 4 members (excludes halogenated alkanes) is 1. The van der Waals surface area contributed by atoms with Crippen LogP contribution in [0.25, 0.3) is 0 Å². The molecule has 5 nitrogen and oxygen atoms in total. The van der Waals surface area contributed by atoms with Crippen molar-refractivity contribution in [2.75, 3.05) is 52.6 Å². The molecule has 0 aromatic rings. The normalized spacial score (nSPS) is 18.5. The second-order valence-electron chi connectivity index (χ2n) is 6.38. The van der Waals surface area contributed by atoms with Crippen LogP contribution in [0.1, 0.15) is 39.0 Å². The lowest BCUT2D eigenvalue weighted by Crippen LogP contribution is -2.41. The highest BCUT2D eigenvalue weighted by atomic mass is 32.2. The van der Waals surface area contributed by atoms with Crippen LogP contribution in [0.15, 0.2) is 0 Å². The number of rotatable bonds is 10. The van der Waals surface area contributed by atoms with Gasteiger partial charge in [-0.15, -0.1) is 0 Å². The van der Waals surface area contributed by atoms with Crippen LogP contribution in [-0.4, -0.2) is 70.2 Å². The summed E-state index contributed by atoms with van der Waals surface area (Å²) in [6.07, 6.45) is 4.82. The second kappa shape index (κ2) is 9.77. The molecular formula is C15H33N3O2S. The van der Waals surface area contributed by atoms with E-state index in [1.807, 2.05) is 0 Å². The van der Waals surface area contributed by atoms with Crippen LogP contribution in [-0.2, 0) is 10.0 Å². The van der Waals surface area contributed by atoms with Gasteiger partial charge in [-0.25, -0.2) is 12.7 Å². The molecule has 0 bridgehead atoms. The summed E-state index contributed by atoms with van der Waals surface area (Å²) in [5, 5.41) is 3.31. The van der Waals surface area contributed by atoms with Gasteiger partial charge in [-0.1, -0.05) is 6.92 Å². The zero-order valence-corrected chi connectivity index (χ0v) is 14.8. The molecule has 0 aromatic heterocycles. The zero-order valence-electron chi connectivity index (χ0n) is 14.0. The van der Waals surface area contributed by atoms with Gasteiger partial charge < -0.3 is 10.2 Å². The molecule has 6 heteroatoms. The fourth-order valence-corrected chi connectivity index (χ4v) is 4.45. The maximum absolute atomic E-state index is 12.3. The molecule has 0 spiro atoms. The van der Waals surface area contributed by atoms with Crippen LogP contribution < -0.4 is 5.32 Å². The van der Waals surface area contributed by atoms with Crippen molar-refractivity contribution in [1.82, 2.24) is 14.5 Å². The average molecular weight is 320 g/mol. The van der Waals surface area contributed by atoms with Crippen molar-refractivity contribution < 1.29 is 8.42 Å². The van der Waals surface area contributed by atoms with E-state index in [1.54, 1.807) is 4.31 Å². The van der Waals surface area contributed by atoms with Crippen LogP contribution in [0.3, 0.4) is 0 Å². The van der Waals surface area contributed by atoms with Gasteiger partial charge in [-0.2, -0.15) is 0 Å². The highest BCUT2D eigenvalue weighted by Gasteiger charge is 2.27. The summed E-state index contributed by atoms with van der Waals surface area (Å²) in [5.41, 5.74) is 0. The van der Waals surface area contributed by atoms with Crippen molar-refractivity contribution in [2.45, 2.75) is 39.0 Å². The number of nitrogens with one attached hydrogen (secondary N) is 1. The van der Waals surface area contributed by atoms with Gasteiger partial charge in [0.25, 0.3) is 0 Å². The zero-order chi connectivity index (χ0) is 15.7. The smallest absolute Gasteiger partial charge is 0.214 e. The molecule has 1 fully saturated rings. The number of hydrogen-bond donors (Lipinski definition) is 1. The third kappa shape index (κ3) is 7.58. The highest BCUT2D eigenvalue weighted by Crippen LogP contribution is 2.20. The van der Waals surface area contributed by atoms with Crippen molar-refractivity contribution >= 4 is 10.0 Å². The van der Waals surface area contributed by atoms with Crippen LogP contribution in [0.4, 0.5) is 0 Å². The van der Waals surface area contributed by atoms with Crippen LogP contribution in [0, 0.1) is 5.92 Å². The first-order chi connectivity index (χ1) is 9.95. The van der Waals surface area contributed by atoms with Gasteiger partial charge in [-0.3, -0.25) is 0 Å². The minimum Gasteiger partial charge on any atom is -0.317 e. The van der Waals surface area contributed by atoms with Crippen LogP contribution in [0.2, 0.25) is 0 Å². The SMILES string of the molecule is CCCNCCCCS(=O)(=O)N1CCC(CN(C)C)CC1. The van der Waals surface area contributed by atoms with Gasteiger partial charge in [0.2, 0.25) is 10.0 Å². The third-order valence-electron chi connectivity index (χ3n) is 4.02. The third-order valence-corrected chi connectivity index (χ3v) is 5.98. The Hall–Kier alpha value is -0.170. The second-order valence-corrected chi connectivity index (χ2v) is 8.47. The molecule has 0 aromatic carbocycles. The number of hydrogen-bond acceptors (Lipinski definition) is 4. The fourth-order valence-electron chi connectivity index (χ4n) is 2.85. The topological polar surface area (TPSA) is 52.7 Å². The Morgan fingerprint density at radius 2 is 1.81 bits per heavy atom. The molecule has 0 aliphatic carbocycles. The molecule has 1 saturated heterocycles. The quantitative estimate of drug-likeness (QED) is 0.618. The first-order valence-corrected chi connectivity index (χ1v) is 9.90. The summed E-state index contributed by atoms with van der Waals surface area (Å²) in [5.74, 6) is 0.948. The summed E-state index contributed by atoms with van der Waals surface area (Å²) in [7, 11) is 1.12. The van der Waals surface area contributed by atoms with E-state index in [9.17, 15) is 8.42 Å². The summed E-state index contributed by atoms with van der Waals surface area (Å²) in [6.45, 7) is 6.55. The molecule has 0 radical (unpaired) electrons. The summed E-state index contributed by atoms with van der Waals surface area (Å²) < 4.78 is 26.3. The lowest BCUT2D eigenvalue weighted by Gasteiger charge is -2.32. The molecular weight excluding hydrogens is 286 g/mol. The van der Waals surface area contributed by atoms with Crippen LogP contribution >= 0.6 is 0 Å². The molecule has 1 aliphatic rings. The fraction of sp³-hybridized carbons (Fsp3) is 1.00. The Labute approximate surface area is 131 Å². The summed E-state index contributed by atoms with van der Waals surface area (Å²) in [6, 6.07) is 0. The average Bonchev–Trinajstić information content (AvgIpc) is 2.42. The predicted molar refractivity (Wildman–Crippen MR) is 89.0 cm³/mol. The monoisotopic (exact) mass is 319 g/mol. The van der Waals surface area contributed by atoms with E-state index >= 15 is 0 Å². The van der Waals surface area contributed by atoms with Gasteiger partial charge in [0.1, 0.15) is 0 Å². The molecule has 1 N–H and O–H groups in total. The summed E-state index contributed by atoms with van der Waals surface area (Å²) in [4.78, 5) is 2.19. The first-order valence-electron chi connectivity index (χ1n) is 8.29. The largest absolute Gasteiger partial charge is 0.317 e. The van der Waals surface area contributed by atoms with E-state index in [4.69, 9.17) is 0 Å². The molecule has 0 atom stereocenters. The van der Waals surface area contributed by atoms with Gasteiger partial charge >= 0.3 is 0 Å². The van der Waals surface area contributed by atoms with Crippen LogP contribution in [0.5, 0.6) is 0 Å². The molecule has 0 amide bonds. The Bertz CT molecular complexity index is 363. The Kier molecular flexibility index (Phi) is 8.78. The van der Waals surface area contributed by atoms with Gasteiger partial charge in [-0.05, 0) is 65.2 Å². The van der Waals surface area contributed by atoms with E-state index in [2.05, 4.69) is 31.2 Å². The minimum atomic E-state index is -3.04. The number of piperidine rings is 1.